The summed E-state index contributed by atoms with van der Waals surface area (Å²) in [5.41, 5.74) is 2.87. The van der Waals surface area contributed by atoms with E-state index in [9.17, 15) is 0 Å². The Morgan fingerprint density at radius 3 is 2.95 bits per heavy atom. The molecule has 0 amide bonds. The molecule has 21 heavy (non-hydrogen) atoms. The fraction of sp³-hybridized carbons (Fsp3) is 0.0625. The van der Waals surface area contributed by atoms with Crippen molar-refractivity contribution in [2.24, 2.45) is 4.99 Å². The van der Waals surface area contributed by atoms with Gasteiger partial charge in [0.05, 0.1) is 10.2 Å². The van der Waals surface area contributed by atoms with E-state index >= 15 is 0 Å². The Bertz CT molecular complexity index is 788. The molecule has 5 heteroatoms. The van der Waals surface area contributed by atoms with Gasteiger partial charge in [-0.15, -0.1) is 11.8 Å². The van der Waals surface area contributed by atoms with E-state index in [1.165, 1.54) is 0 Å². The van der Waals surface area contributed by atoms with E-state index in [0.717, 1.165) is 31.5 Å². The average Bonchev–Trinajstić information content (AvgIpc) is 2.95. The van der Waals surface area contributed by atoms with E-state index < -0.39 is 0 Å². The van der Waals surface area contributed by atoms with Gasteiger partial charge in [0.25, 0.3) is 0 Å². The zero-order valence-corrected chi connectivity index (χ0v) is 13.7. The van der Waals surface area contributed by atoms with Crippen molar-refractivity contribution >= 4 is 61.1 Å². The number of benzene rings is 2. The van der Waals surface area contributed by atoms with Gasteiger partial charge in [0, 0.05) is 16.5 Å². The molecular weight excluding hydrogens is 316 g/mol. The lowest BCUT2D eigenvalue weighted by Gasteiger charge is -2.05. The first-order chi connectivity index (χ1) is 10.3. The van der Waals surface area contributed by atoms with Crippen LogP contribution in [0.25, 0.3) is 10.2 Å². The summed E-state index contributed by atoms with van der Waals surface area (Å²) < 4.78 is 1.14. The van der Waals surface area contributed by atoms with Crippen molar-refractivity contribution in [3.63, 3.8) is 0 Å². The average molecular weight is 327 g/mol. The number of aromatic nitrogens is 1. The molecule has 2 nitrogen and oxygen atoms in total. The van der Waals surface area contributed by atoms with Crippen molar-refractivity contribution in [1.29, 1.82) is 0 Å². The van der Waals surface area contributed by atoms with Crippen LogP contribution in [0.15, 0.2) is 47.5 Å². The maximum absolute atomic E-state index is 5.06. The van der Waals surface area contributed by atoms with Gasteiger partial charge in [-0.1, -0.05) is 53.9 Å². The predicted octanol–water partition coefficient (Wildman–Crippen LogP) is 4.89. The van der Waals surface area contributed by atoms with Crippen LogP contribution in [0.5, 0.6) is 0 Å². The second kappa shape index (κ2) is 6.47. The van der Waals surface area contributed by atoms with Crippen LogP contribution in [0.4, 0.5) is 5.13 Å². The largest absolute Gasteiger partial charge is 0.218 e. The fourth-order valence-corrected chi connectivity index (χ4v) is 3.62. The first-order valence-electron chi connectivity index (χ1n) is 6.26. The Kier molecular flexibility index (Phi) is 4.43. The first kappa shape index (κ1) is 14.4. The molecule has 2 aromatic carbocycles. The summed E-state index contributed by atoms with van der Waals surface area (Å²) in [5, 5.41) is 3.31. The number of thiazole rings is 1. The third kappa shape index (κ3) is 3.05. The van der Waals surface area contributed by atoms with Crippen LogP contribution < -0.4 is 0 Å². The van der Waals surface area contributed by atoms with Crippen LogP contribution in [0.3, 0.4) is 0 Å². The Hall–Kier alpha value is -1.56. The number of hydrogen-bond donors (Lipinski definition) is 0. The molecule has 1 radical (unpaired) electrons. The molecule has 0 N–H and O–H groups in total. The third-order valence-electron chi connectivity index (χ3n) is 2.91. The molecule has 0 atom stereocenters. The minimum absolute atomic E-state index is 0.764. The molecule has 0 fully saturated rings. The molecule has 0 bridgehead atoms. The molecule has 3 rings (SSSR count). The highest BCUT2D eigenvalue weighted by Gasteiger charge is 2.09. The zero-order chi connectivity index (χ0) is 14.7. The number of nitrogens with zero attached hydrogens (tertiary/aromatic N) is 2. The highest BCUT2D eigenvalue weighted by atomic mass is 32.2. The van der Waals surface area contributed by atoms with E-state index in [-0.39, 0.29) is 0 Å². The molecule has 0 unspecified atom stereocenters. The van der Waals surface area contributed by atoms with Gasteiger partial charge in [-0.25, -0.2) is 9.98 Å². The Balaban J connectivity index is 2.08. The molecule has 0 aliphatic carbocycles. The van der Waals surface area contributed by atoms with Crippen molar-refractivity contribution in [2.45, 2.75) is 0 Å². The number of aliphatic imine (C=N–C) groups is 1. The van der Waals surface area contributed by atoms with Crippen LogP contribution >= 0.6 is 35.3 Å². The highest BCUT2D eigenvalue weighted by molar-refractivity contribution is 8.13. The molecule has 0 saturated carbocycles. The van der Waals surface area contributed by atoms with Gasteiger partial charge in [0.1, 0.15) is 5.04 Å². The van der Waals surface area contributed by atoms with Crippen molar-refractivity contribution < 1.29 is 0 Å². The lowest BCUT2D eigenvalue weighted by Crippen LogP contribution is -1.99. The third-order valence-corrected chi connectivity index (χ3v) is 4.77. The van der Waals surface area contributed by atoms with E-state index in [1.54, 1.807) is 28.5 Å². The summed E-state index contributed by atoms with van der Waals surface area (Å²) >= 11 is 8.24. The van der Waals surface area contributed by atoms with Gasteiger partial charge in [0.2, 0.25) is 5.13 Å². The van der Waals surface area contributed by atoms with Crippen LogP contribution in [-0.2, 0) is 0 Å². The van der Waals surface area contributed by atoms with Gasteiger partial charge in [-0.05, 0) is 24.5 Å². The van der Waals surface area contributed by atoms with Crippen LogP contribution in [-0.4, -0.2) is 21.7 Å². The van der Waals surface area contributed by atoms with Gasteiger partial charge in [-0.2, -0.15) is 0 Å². The van der Waals surface area contributed by atoms with Crippen molar-refractivity contribution in [3.8, 4) is 0 Å². The SMILES string of the molecule is CSC(=Nc1nc2ccccc2s1)c1ccc[c]c1C=S. The van der Waals surface area contributed by atoms with Gasteiger partial charge < -0.3 is 0 Å². The second-order valence-electron chi connectivity index (χ2n) is 4.20. The lowest BCUT2D eigenvalue weighted by molar-refractivity contribution is 1.41. The fourth-order valence-electron chi connectivity index (χ4n) is 1.94. The molecule has 0 aliphatic heterocycles. The molecular formula is C16H11N2S3. The van der Waals surface area contributed by atoms with E-state index in [0.29, 0.717) is 0 Å². The normalized spacial score (nSPS) is 11.8. The number of hydrogen-bond acceptors (Lipinski definition) is 5. The standard InChI is InChI=1S/C16H11N2S3/c1-20-15(12-7-3-2-6-11(12)10-19)18-16-17-13-8-4-5-9-14(13)21-16/h2-5,7-10H,1H3. The second-order valence-corrected chi connectivity index (χ2v) is 6.24. The molecule has 0 spiro atoms. The maximum Gasteiger partial charge on any atom is 0.211 e. The van der Waals surface area contributed by atoms with Crippen LogP contribution in [0.1, 0.15) is 11.1 Å². The summed E-state index contributed by atoms with van der Waals surface area (Å²) in [6.45, 7) is 0. The molecule has 3 aromatic rings. The molecule has 103 valence electrons. The van der Waals surface area contributed by atoms with Gasteiger partial charge in [-0.3, -0.25) is 0 Å². The summed E-state index contributed by atoms with van der Waals surface area (Å²) in [6.07, 6.45) is 2.01. The van der Waals surface area contributed by atoms with E-state index in [1.807, 2.05) is 42.7 Å². The molecule has 1 aromatic heterocycles. The van der Waals surface area contributed by atoms with E-state index in [4.69, 9.17) is 17.2 Å². The highest BCUT2D eigenvalue weighted by Crippen LogP contribution is 2.29. The number of para-hydroxylation sites is 1. The predicted molar refractivity (Wildman–Crippen MR) is 97.4 cm³/mol. The molecule has 0 aliphatic rings. The summed E-state index contributed by atoms with van der Waals surface area (Å²) in [6, 6.07) is 17.0. The smallest absolute Gasteiger partial charge is 0.211 e. The summed E-state index contributed by atoms with van der Waals surface area (Å²) in [7, 11) is 0. The monoisotopic (exact) mass is 327 g/mol. The number of thiocarbonyl (C=S) groups is 1. The lowest BCUT2D eigenvalue weighted by atomic mass is 10.1. The Morgan fingerprint density at radius 2 is 2.19 bits per heavy atom. The Morgan fingerprint density at radius 1 is 1.33 bits per heavy atom. The van der Waals surface area contributed by atoms with Crippen molar-refractivity contribution in [2.75, 3.05) is 6.26 Å². The Labute approximate surface area is 137 Å². The minimum atomic E-state index is 0.764. The van der Waals surface area contributed by atoms with Crippen LogP contribution in [0.2, 0.25) is 0 Å². The van der Waals surface area contributed by atoms with Gasteiger partial charge >= 0.3 is 0 Å². The number of thioether (sulfide) groups is 1. The van der Waals surface area contributed by atoms with Crippen molar-refractivity contribution in [1.82, 2.24) is 4.98 Å². The molecule has 0 saturated heterocycles. The number of rotatable bonds is 3. The van der Waals surface area contributed by atoms with E-state index in [2.05, 4.69) is 17.1 Å². The number of fused-ring (bicyclic) bond motifs is 1. The van der Waals surface area contributed by atoms with Gasteiger partial charge in [0.15, 0.2) is 0 Å². The van der Waals surface area contributed by atoms with Crippen molar-refractivity contribution in [3.05, 3.63) is 59.7 Å². The topological polar surface area (TPSA) is 25.2 Å². The maximum atomic E-state index is 5.06. The quantitative estimate of drug-likeness (QED) is 0.389. The zero-order valence-electron chi connectivity index (χ0n) is 11.2. The first-order valence-corrected chi connectivity index (χ1v) is 8.77. The summed E-state index contributed by atoms with van der Waals surface area (Å²) in [5.74, 6) is 0. The van der Waals surface area contributed by atoms with Crippen LogP contribution in [0, 0.1) is 6.07 Å². The minimum Gasteiger partial charge on any atom is -0.218 e. The summed E-state index contributed by atoms with van der Waals surface area (Å²) in [4.78, 5) is 9.25. The molecule has 1 heterocycles.